The van der Waals surface area contributed by atoms with Crippen molar-refractivity contribution < 1.29 is 21.6 Å². The highest BCUT2D eigenvalue weighted by atomic mass is 32.2. The summed E-state index contributed by atoms with van der Waals surface area (Å²) in [6.07, 6.45) is -4.57. The molecule has 1 aliphatic rings. The van der Waals surface area contributed by atoms with Crippen LogP contribution in [-0.4, -0.2) is 38.9 Å². The monoisotopic (exact) mass is 336 g/mol. The van der Waals surface area contributed by atoms with Gasteiger partial charge in [0.25, 0.3) is 0 Å². The van der Waals surface area contributed by atoms with Crippen molar-refractivity contribution in [3.63, 3.8) is 0 Å². The molecule has 1 aliphatic heterocycles. The van der Waals surface area contributed by atoms with Gasteiger partial charge in [-0.1, -0.05) is 19.9 Å². The lowest BCUT2D eigenvalue weighted by atomic mass is 9.97. The predicted octanol–water partition coefficient (Wildman–Crippen LogP) is 2.42. The van der Waals surface area contributed by atoms with E-state index in [4.69, 9.17) is 0 Å². The van der Waals surface area contributed by atoms with Crippen molar-refractivity contribution in [3.05, 3.63) is 29.3 Å². The molecule has 1 aromatic carbocycles. The first-order valence-electron chi connectivity index (χ1n) is 7.06. The number of sulfonamides is 1. The maximum atomic E-state index is 13.2. The summed E-state index contributed by atoms with van der Waals surface area (Å²) in [6, 6.07) is 3.29. The third kappa shape index (κ3) is 3.44. The van der Waals surface area contributed by atoms with Crippen molar-refractivity contribution >= 4 is 10.0 Å². The van der Waals surface area contributed by atoms with Gasteiger partial charge in [-0.25, -0.2) is 8.42 Å². The molecule has 1 N–H and O–H groups in total. The topological polar surface area (TPSA) is 49.4 Å². The van der Waals surface area contributed by atoms with Gasteiger partial charge in [0.2, 0.25) is 10.0 Å². The number of hydrogen-bond donors (Lipinski definition) is 1. The second-order valence-corrected chi connectivity index (χ2v) is 7.49. The van der Waals surface area contributed by atoms with Crippen LogP contribution in [0.2, 0.25) is 0 Å². The highest BCUT2D eigenvalue weighted by Crippen LogP contribution is 2.37. The van der Waals surface area contributed by atoms with E-state index < -0.39 is 21.8 Å². The molecule has 0 aliphatic carbocycles. The molecule has 1 fully saturated rings. The van der Waals surface area contributed by atoms with Crippen LogP contribution in [0.4, 0.5) is 13.2 Å². The molecule has 1 aromatic rings. The predicted molar refractivity (Wildman–Crippen MR) is 77.2 cm³/mol. The highest BCUT2D eigenvalue weighted by Gasteiger charge is 2.36. The fourth-order valence-electron chi connectivity index (χ4n) is 2.48. The number of nitrogens with zero attached hydrogens (tertiary/aromatic N) is 1. The zero-order valence-corrected chi connectivity index (χ0v) is 13.3. The zero-order chi connectivity index (χ0) is 16.5. The summed E-state index contributed by atoms with van der Waals surface area (Å²) in [5.41, 5.74) is -0.773. The van der Waals surface area contributed by atoms with E-state index in [0.29, 0.717) is 13.1 Å². The SMILES string of the molecule is CC(C)c1ccc(S(=O)(=O)N2CCNCC2)cc1C(F)(F)F. The van der Waals surface area contributed by atoms with E-state index in [1.807, 2.05) is 0 Å². The summed E-state index contributed by atoms with van der Waals surface area (Å²) in [7, 11) is -3.89. The normalized spacial score (nSPS) is 17.9. The Kier molecular flexibility index (Phi) is 4.84. The van der Waals surface area contributed by atoms with E-state index in [-0.39, 0.29) is 29.5 Å². The first-order chi connectivity index (χ1) is 10.1. The molecule has 0 radical (unpaired) electrons. The number of halogens is 3. The molecule has 1 heterocycles. The fraction of sp³-hybridized carbons (Fsp3) is 0.571. The number of rotatable bonds is 3. The molecular weight excluding hydrogens is 317 g/mol. The Morgan fingerprint density at radius 2 is 1.77 bits per heavy atom. The maximum absolute atomic E-state index is 13.2. The smallest absolute Gasteiger partial charge is 0.314 e. The number of nitrogens with one attached hydrogen (secondary N) is 1. The third-order valence-corrected chi connectivity index (χ3v) is 5.56. The Morgan fingerprint density at radius 1 is 1.18 bits per heavy atom. The van der Waals surface area contributed by atoms with E-state index in [0.717, 1.165) is 6.07 Å². The number of hydrogen-bond acceptors (Lipinski definition) is 3. The molecule has 0 spiro atoms. The van der Waals surface area contributed by atoms with Crippen LogP contribution in [0.1, 0.15) is 30.9 Å². The molecule has 0 bridgehead atoms. The fourth-order valence-corrected chi connectivity index (χ4v) is 3.95. The van der Waals surface area contributed by atoms with Crippen LogP contribution in [0.15, 0.2) is 23.1 Å². The third-order valence-electron chi connectivity index (χ3n) is 3.67. The van der Waals surface area contributed by atoms with Crippen LogP contribution in [0, 0.1) is 0 Å². The van der Waals surface area contributed by atoms with Gasteiger partial charge in [0.05, 0.1) is 10.5 Å². The van der Waals surface area contributed by atoms with E-state index in [1.54, 1.807) is 13.8 Å². The minimum atomic E-state index is -4.57. The quantitative estimate of drug-likeness (QED) is 0.922. The van der Waals surface area contributed by atoms with Crippen LogP contribution in [0.25, 0.3) is 0 Å². The molecule has 0 unspecified atom stereocenters. The van der Waals surface area contributed by atoms with Gasteiger partial charge in [0, 0.05) is 26.2 Å². The Bertz CT molecular complexity index is 636. The second kappa shape index (κ2) is 6.17. The van der Waals surface area contributed by atoms with Gasteiger partial charge in [0.15, 0.2) is 0 Å². The Morgan fingerprint density at radius 3 is 2.27 bits per heavy atom. The molecule has 0 aromatic heterocycles. The van der Waals surface area contributed by atoms with Crippen LogP contribution < -0.4 is 5.32 Å². The lowest BCUT2D eigenvalue weighted by Crippen LogP contribution is -2.46. The van der Waals surface area contributed by atoms with E-state index >= 15 is 0 Å². The van der Waals surface area contributed by atoms with Crippen molar-refractivity contribution in [1.82, 2.24) is 9.62 Å². The standard InChI is InChI=1S/C14H19F3N2O2S/c1-10(2)12-4-3-11(9-13(12)14(15,16)17)22(20,21)19-7-5-18-6-8-19/h3-4,9-10,18H,5-8H2,1-2H3. The van der Waals surface area contributed by atoms with E-state index in [1.165, 1.54) is 16.4 Å². The molecule has 0 atom stereocenters. The van der Waals surface area contributed by atoms with Gasteiger partial charge in [-0.15, -0.1) is 0 Å². The zero-order valence-electron chi connectivity index (χ0n) is 12.4. The van der Waals surface area contributed by atoms with Gasteiger partial charge in [0.1, 0.15) is 0 Å². The van der Waals surface area contributed by atoms with Crippen molar-refractivity contribution in [3.8, 4) is 0 Å². The molecule has 0 saturated carbocycles. The lowest BCUT2D eigenvalue weighted by Gasteiger charge is -2.27. The van der Waals surface area contributed by atoms with Crippen molar-refractivity contribution in [2.24, 2.45) is 0 Å². The van der Waals surface area contributed by atoms with Crippen molar-refractivity contribution in [1.29, 1.82) is 0 Å². The van der Waals surface area contributed by atoms with Crippen LogP contribution >= 0.6 is 0 Å². The molecule has 0 amide bonds. The molecule has 4 nitrogen and oxygen atoms in total. The average molecular weight is 336 g/mol. The minimum absolute atomic E-state index is 0.103. The van der Waals surface area contributed by atoms with Crippen LogP contribution in [-0.2, 0) is 16.2 Å². The number of piperazine rings is 1. The molecule has 1 saturated heterocycles. The average Bonchev–Trinajstić information content (AvgIpc) is 2.46. The van der Waals surface area contributed by atoms with Gasteiger partial charge in [-0.3, -0.25) is 0 Å². The summed E-state index contributed by atoms with van der Waals surface area (Å²) in [6.45, 7) is 4.81. The first kappa shape index (κ1) is 17.2. The largest absolute Gasteiger partial charge is 0.416 e. The maximum Gasteiger partial charge on any atom is 0.416 e. The summed E-state index contributed by atoms with van der Waals surface area (Å²) in [5.74, 6) is -0.340. The Hall–Kier alpha value is -1.12. The molecule has 124 valence electrons. The van der Waals surface area contributed by atoms with E-state index in [2.05, 4.69) is 5.32 Å². The van der Waals surface area contributed by atoms with Gasteiger partial charge >= 0.3 is 6.18 Å². The summed E-state index contributed by atoms with van der Waals surface area (Å²) >= 11 is 0. The Labute approximate surface area is 128 Å². The first-order valence-corrected chi connectivity index (χ1v) is 8.50. The summed E-state index contributed by atoms with van der Waals surface area (Å²) in [4.78, 5) is -0.300. The van der Waals surface area contributed by atoms with Crippen LogP contribution in [0.5, 0.6) is 0 Å². The van der Waals surface area contributed by atoms with Gasteiger partial charge < -0.3 is 5.32 Å². The summed E-state index contributed by atoms with van der Waals surface area (Å²) < 4.78 is 65.8. The number of alkyl halides is 3. The molecular formula is C14H19F3N2O2S. The van der Waals surface area contributed by atoms with E-state index in [9.17, 15) is 21.6 Å². The van der Waals surface area contributed by atoms with Crippen LogP contribution in [0.3, 0.4) is 0 Å². The summed E-state index contributed by atoms with van der Waals surface area (Å²) in [5, 5.41) is 3.01. The lowest BCUT2D eigenvalue weighted by molar-refractivity contribution is -0.138. The highest BCUT2D eigenvalue weighted by molar-refractivity contribution is 7.89. The molecule has 2 rings (SSSR count). The van der Waals surface area contributed by atoms with Crippen molar-refractivity contribution in [2.75, 3.05) is 26.2 Å². The molecule has 8 heteroatoms. The Balaban J connectivity index is 2.48. The second-order valence-electron chi connectivity index (χ2n) is 5.56. The molecule has 22 heavy (non-hydrogen) atoms. The van der Waals surface area contributed by atoms with Crippen molar-refractivity contribution in [2.45, 2.75) is 30.8 Å². The minimum Gasteiger partial charge on any atom is -0.314 e. The number of benzene rings is 1. The van der Waals surface area contributed by atoms with Gasteiger partial charge in [-0.05, 0) is 23.6 Å². The van der Waals surface area contributed by atoms with Gasteiger partial charge in [-0.2, -0.15) is 17.5 Å².